The lowest BCUT2D eigenvalue weighted by Gasteiger charge is -2.25. The van der Waals surface area contributed by atoms with Gasteiger partial charge in [0.15, 0.2) is 5.96 Å². The minimum Gasteiger partial charge on any atom is -0.354 e. The molecule has 3 rings (SSSR count). The average Bonchev–Trinajstić information content (AvgIpc) is 3.27. The van der Waals surface area contributed by atoms with Gasteiger partial charge < -0.3 is 15.5 Å². The Kier molecular flexibility index (Phi) is 7.08. The van der Waals surface area contributed by atoms with E-state index < -0.39 is 0 Å². The number of nitrogens with zero attached hydrogens (tertiary/aromatic N) is 4. The molecular formula is C15H27IN6O2. The zero-order chi connectivity index (χ0) is 16.2. The number of guanidine groups is 1. The van der Waals surface area contributed by atoms with Crippen molar-refractivity contribution in [2.24, 2.45) is 4.99 Å². The van der Waals surface area contributed by atoms with Crippen LogP contribution in [0.1, 0.15) is 19.3 Å². The second-order valence-corrected chi connectivity index (χ2v) is 6.31. The Bertz CT molecular complexity index is 478. The monoisotopic (exact) mass is 450 g/mol. The molecule has 3 heterocycles. The van der Waals surface area contributed by atoms with Gasteiger partial charge in [-0.15, -0.1) is 24.0 Å². The van der Waals surface area contributed by atoms with E-state index in [0.29, 0.717) is 19.1 Å². The summed E-state index contributed by atoms with van der Waals surface area (Å²) >= 11 is 0. The first-order chi connectivity index (χ1) is 11.2. The topological polar surface area (TPSA) is 80.3 Å². The molecule has 0 bridgehead atoms. The highest BCUT2D eigenvalue weighted by atomic mass is 127. The maximum absolute atomic E-state index is 11.5. The lowest BCUT2D eigenvalue weighted by Crippen LogP contribution is -2.45. The number of rotatable bonds is 4. The molecule has 0 saturated carbocycles. The third-order valence-corrected chi connectivity index (χ3v) is 4.89. The van der Waals surface area contributed by atoms with Gasteiger partial charge in [-0.3, -0.25) is 19.6 Å². The molecule has 1 unspecified atom stereocenters. The Morgan fingerprint density at radius 3 is 2.67 bits per heavy atom. The number of amides is 3. The van der Waals surface area contributed by atoms with Gasteiger partial charge in [-0.1, -0.05) is 0 Å². The van der Waals surface area contributed by atoms with Gasteiger partial charge in [-0.2, -0.15) is 0 Å². The van der Waals surface area contributed by atoms with E-state index in [0.717, 1.165) is 19.0 Å². The van der Waals surface area contributed by atoms with Gasteiger partial charge in [0, 0.05) is 39.3 Å². The van der Waals surface area contributed by atoms with E-state index >= 15 is 0 Å². The van der Waals surface area contributed by atoms with Crippen LogP contribution in [0.5, 0.6) is 0 Å². The summed E-state index contributed by atoms with van der Waals surface area (Å²) in [5, 5.41) is 5.80. The van der Waals surface area contributed by atoms with Crippen LogP contribution in [0, 0.1) is 0 Å². The van der Waals surface area contributed by atoms with Gasteiger partial charge in [0.2, 0.25) is 5.91 Å². The molecule has 24 heavy (non-hydrogen) atoms. The number of likely N-dealkylation sites (tertiary alicyclic amines) is 2. The normalized spacial score (nSPS) is 25.2. The number of carbonyl (C=O) groups excluding carboxylic acids is 2. The molecule has 0 aromatic rings. The first-order valence-electron chi connectivity index (χ1n) is 8.47. The van der Waals surface area contributed by atoms with Crippen LogP contribution in [-0.2, 0) is 4.79 Å². The van der Waals surface area contributed by atoms with Crippen molar-refractivity contribution in [2.45, 2.75) is 25.3 Å². The molecule has 3 aliphatic rings. The predicted octanol–water partition coefficient (Wildman–Crippen LogP) is -0.0983. The molecule has 0 radical (unpaired) electrons. The fourth-order valence-corrected chi connectivity index (χ4v) is 3.63. The SMILES string of the molecule is CN=C(NCCN1C(=O)CNC1=O)N1CCC(N2CCCC2)C1.I. The summed E-state index contributed by atoms with van der Waals surface area (Å²) in [6.45, 7) is 5.45. The van der Waals surface area contributed by atoms with Crippen molar-refractivity contribution < 1.29 is 9.59 Å². The van der Waals surface area contributed by atoms with Crippen molar-refractivity contribution in [3.8, 4) is 0 Å². The zero-order valence-corrected chi connectivity index (χ0v) is 16.5. The summed E-state index contributed by atoms with van der Waals surface area (Å²) in [5.41, 5.74) is 0. The molecule has 1 atom stereocenters. The van der Waals surface area contributed by atoms with Gasteiger partial charge >= 0.3 is 6.03 Å². The molecule has 3 aliphatic heterocycles. The summed E-state index contributed by atoms with van der Waals surface area (Å²) < 4.78 is 0. The molecular weight excluding hydrogens is 423 g/mol. The van der Waals surface area contributed by atoms with Crippen LogP contribution in [0.2, 0.25) is 0 Å². The summed E-state index contributed by atoms with van der Waals surface area (Å²) in [7, 11) is 1.78. The zero-order valence-electron chi connectivity index (χ0n) is 14.2. The van der Waals surface area contributed by atoms with E-state index in [2.05, 4.69) is 25.4 Å². The Morgan fingerprint density at radius 2 is 2.04 bits per heavy atom. The minimum atomic E-state index is -0.304. The van der Waals surface area contributed by atoms with E-state index in [9.17, 15) is 9.59 Å². The van der Waals surface area contributed by atoms with Crippen LogP contribution in [0.4, 0.5) is 4.79 Å². The molecule has 136 valence electrons. The van der Waals surface area contributed by atoms with Crippen LogP contribution in [0.3, 0.4) is 0 Å². The van der Waals surface area contributed by atoms with Crippen molar-refractivity contribution in [3.05, 3.63) is 0 Å². The second kappa shape index (κ2) is 8.84. The van der Waals surface area contributed by atoms with Gasteiger partial charge in [-0.05, 0) is 32.4 Å². The molecule has 3 saturated heterocycles. The number of aliphatic imine (C=N–C) groups is 1. The first-order valence-corrected chi connectivity index (χ1v) is 8.47. The standard InChI is InChI=1S/C15H26N6O2.HI/c1-16-14(17-5-9-21-13(22)10-18-15(21)23)20-8-4-12(11-20)19-6-2-3-7-19;/h12H,2-11H2,1H3,(H,16,17)(H,18,23);1H. The van der Waals surface area contributed by atoms with Crippen LogP contribution in [0.25, 0.3) is 0 Å². The highest BCUT2D eigenvalue weighted by Gasteiger charge is 2.31. The number of carbonyl (C=O) groups is 2. The summed E-state index contributed by atoms with van der Waals surface area (Å²) in [4.78, 5) is 33.5. The highest BCUT2D eigenvalue weighted by Crippen LogP contribution is 2.20. The summed E-state index contributed by atoms with van der Waals surface area (Å²) in [6, 6.07) is 0.323. The molecule has 8 nitrogen and oxygen atoms in total. The van der Waals surface area contributed by atoms with Gasteiger partial charge in [0.05, 0.1) is 6.54 Å². The maximum atomic E-state index is 11.5. The Morgan fingerprint density at radius 1 is 1.29 bits per heavy atom. The van der Waals surface area contributed by atoms with Crippen molar-refractivity contribution in [2.75, 3.05) is 52.9 Å². The molecule has 9 heteroatoms. The number of urea groups is 1. The van der Waals surface area contributed by atoms with Crippen LogP contribution in [-0.4, -0.2) is 91.5 Å². The fraction of sp³-hybridized carbons (Fsp3) is 0.800. The van der Waals surface area contributed by atoms with E-state index in [1.807, 2.05) is 0 Å². The maximum Gasteiger partial charge on any atom is 0.324 e. The second-order valence-electron chi connectivity index (χ2n) is 6.31. The number of hydrogen-bond acceptors (Lipinski definition) is 4. The van der Waals surface area contributed by atoms with E-state index in [1.165, 1.54) is 37.3 Å². The number of nitrogens with one attached hydrogen (secondary N) is 2. The quantitative estimate of drug-likeness (QED) is 0.271. The fourth-order valence-electron chi connectivity index (χ4n) is 3.63. The number of hydrogen-bond donors (Lipinski definition) is 2. The van der Waals surface area contributed by atoms with E-state index in [1.54, 1.807) is 7.05 Å². The summed E-state index contributed by atoms with van der Waals surface area (Å²) in [5.74, 6) is 0.695. The van der Waals surface area contributed by atoms with Gasteiger partial charge in [0.1, 0.15) is 0 Å². The van der Waals surface area contributed by atoms with Gasteiger partial charge in [-0.25, -0.2) is 4.79 Å². The lowest BCUT2D eigenvalue weighted by atomic mass is 10.2. The number of halogens is 1. The molecule has 0 aromatic carbocycles. The van der Waals surface area contributed by atoms with Crippen molar-refractivity contribution in [1.82, 2.24) is 25.3 Å². The van der Waals surface area contributed by atoms with Gasteiger partial charge in [0.25, 0.3) is 0 Å². The third kappa shape index (κ3) is 4.29. The van der Waals surface area contributed by atoms with Crippen LogP contribution >= 0.6 is 24.0 Å². The first kappa shape index (κ1) is 19.2. The third-order valence-electron chi connectivity index (χ3n) is 4.89. The summed E-state index contributed by atoms with van der Waals surface area (Å²) in [6.07, 6.45) is 3.80. The molecule has 3 fully saturated rings. The van der Waals surface area contributed by atoms with Crippen molar-refractivity contribution in [1.29, 1.82) is 0 Å². The Labute approximate surface area is 160 Å². The lowest BCUT2D eigenvalue weighted by molar-refractivity contribution is -0.124. The largest absolute Gasteiger partial charge is 0.354 e. The molecule has 0 aromatic heterocycles. The molecule has 3 amide bonds. The Balaban J connectivity index is 0.00000208. The van der Waals surface area contributed by atoms with Crippen LogP contribution < -0.4 is 10.6 Å². The smallest absolute Gasteiger partial charge is 0.324 e. The molecule has 0 aliphatic carbocycles. The van der Waals surface area contributed by atoms with Crippen LogP contribution in [0.15, 0.2) is 4.99 Å². The minimum absolute atomic E-state index is 0. The number of imide groups is 1. The molecule has 2 N–H and O–H groups in total. The Hall–Kier alpha value is -1.10. The van der Waals surface area contributed by atoms with Crippen molar-refractivity contribution in [3.63, 3.8) is 0 Å². The predicted molar refractivity (Wildman–Crippen MR) is 103 cm³/mol. The average molecular weight is 450 g/mol. The van der Waals surface area contributed by atoms with E-state index in [-0.39, 0.29) is 42.5 Å². The molecule has 0 spiro atoms. The van der Waals surface area contributed by atoms with Crippen molar-refractivity contribution >= 4 is 41.9 Å². The van der Waals surface area contributed by atoms with E-state index in [4.69, 9.17) is 0 Å². The highest BCUT2D eigenvalue weighted by molar-refractivity contribution is 14.0.